The Morgan fingerprint density at radius 1 is 0.760 bits per heavy atom. The molecule has 0 unspecified atom stereocenters. The zero-order valence-electron chi connectivity index (χ0n) is 13.3. The minimum atomic E-state index is -4.71. The van der Waals surface area contributed by atoms with Crippen molar-refractivity contribution in [2.45, 2.75) is 13.3 Å². The van der Waals surface area contributed by atoms with E-state index in [2.05, 4.69) is 4.74 Å². The van der Waals surface area contributed by atoms with Crippen molar-refractivity contribution in [1.82, 2.24) is 0 Å². The minimum Gasteiger partial charge on any atom is -0.406 e. The highest BCUT2D eigenvalue weighted by Gasteiger charge is 2.30. The SMILES string of the molecule is Cc1cc(-c2ccccc2F)ccc1-c1ccc(OC(F)(F)F)cc1. The molecular weight excluding hydrogens is 332 g/mol. The summed E-state index contributed by atoms with van der Waals surface area (Å²) in [6, 6.07) is 17.6. The summed E-state index contributed by atoms with van der Waals surface area (Å²) < 4.78 is 54.4. The predicted octanol–water partition coefficient (Wildman–Crippen LogP) is 6.37. The summed E-state index contributed by atoms with van der Waals surface area (Å²) in [6.07, 6.45) is -4.71. The molecule has 1 nitrogen and oxygen atoms in total. The average Bonchev–Trinajstić information content (AvgIpc) is 2.55. The van der Waals surface area contributed by atoms with E-state index in [9.17, 15) is 17.6 Å². The molecule has 3 rings (SSSR count). The Kier molecular flexibility index (Phi) is 4.49. The van der Waals surface area contributed by atoms with Gasteiger partial charge in [0.1, 0.15) is 11.6 Å². The van der Waals surface area contributed by atoms with Crippen molar-refractivity contribution in [2.75, 3.05) is 0 Å². The van der Waals surface area contributed by atoms with Crippen LogP contribution in [0.3, 0.4) is 0 Å². The highest BCUT2D eigenvalue weighted by atomic mass is 19.4. The highest BCUT2D eigenvalue weighted by Crippen LogP contribution is 2.31. The van der Waals surface area contributed by atoms with E-state index < -0.39 is 6.36 Å². The zero-order chi connectivity index (χ0) is 18.0. The first-order valence-corrected chi connectivity index (χ1v) is 7.55. The fourth-order valence-corrected chi connectivity index (χ4v) is 2.69. The van der Waals surface area contributed by atoms with Crippen LogP contribution < -0.4 is 4.74 Å². The second-order valence-corrected chi connectivity index (χ2v) is 5.58. The quantitative estimate of drug-likeness (QED) is 0.501. The number of hydrogen-bond acceptors (Lipinski definition) is 1. The Bertz CT molecular complexity index is 883. The third-order valence-electron chi connectivity index (χ3n) is 3.81. The van der Waals surface area contributed by atoms with Gasteiger partial charge in [-0.2, -0.15) is 0 Å². The molecule has 0 fully saturated rings. The standard InChI is InChI=1S/C20H14F4O/c1-13-12-15(18-4-2-3-5-19(18)21)8-11-17(13)14-6-9-16(10-7-14)25-20(22,23)24/h2-12H,1H3. The molecule has 0 aliphatic carbocycles. The number of ether oxygens (including phenoxy) is 1. The monoisotopic (exact) mass is 346 g/mol. The normalized spacial score (nSPS) is 11.4. The van der Waals surface area contributed by atoms with Crippen LogP contribution in [-0.2, 0) is 0 Å². The van der Waals surface area contributed by atoms with Gasteiger partial charge in [-0.15, -0.1) is 13.2 Å². The van der Waals surface area contributed by atoms with E-state index in [1.165, 1.54) is 18.2 Å². The summed E-state index contributed by atoms with van der Waals surface area (Å²) in [4.78, 5) is 0. The van der Waals surface area contributed by atoms with Crippen LogP contribution in [0.4, 0.5) is 17.6 Å². The van der Waals surface area contributed by atoms with Gasteiger partial charge in [0, 0.05) is 5.56 Å². The molecule has 0 spiro atoms. The predicted molar refractivity (Wildman–Crippen MR) is 88.7 cm³/mol. The number of aryl methyl sites for hydroxylation is 1. The Balaban J connectivity index is 1.90. The molecule has 0 aliphatic rings. The minimum absolute atomic E-state index is 0.267. The topological polar surface area (TPSA) is 9.23 Å². The van der Waals surface area contributed by atoms with E-state index in [1.807, 2.05) is 19.1 Å². The van der Waals surface area contributed by atoms with Gasteiger partial charge in [0.05, 0.1) is 0 Å². The molecule has 128 valence electrons. The summed E-state index contributed by atoms with van der Waals surface area (Å²) in [6.45, 7) is 1.87. The average molecular weight is 346 g/mol. The molecule has 0 saturated heterocycles. The van der Waals surface area contributed by atoms with Gasteiger partial charge in [0.2, 0.25) is 0 Å². The molecule has 0 N–H and O–H groups in total. The number of halogens is 4. The molecule has 0 heterocycles. The molecule has 5 heteroatoms. The van der Waals surface area contributed by atoms with Crippen LogP contribution in [0.2, 0.25) is 0 Å². The molecule has 0 radical (unpaired) electrons. The smallest absolute Gasteiger partial charge is 0.406 e. The third kappa shape index (κ3) is 3.99. The van der Waals surface area contributed by atoms with Crippen molar-refractivity contribution >= 4 is 0 Å². The summed E-state index contributed by atoms with van der Waals surface area (Å²) in [7, 11) is 0. The van der Waals surface area contributed by atoms with Crippen LogP contribution in [0.25, 0.3) is 22.3 Å². The first-order chi connectivity index (χ1) is 11.8. The molecule has 3 aromatic carbocycles. The van der Waals surface area contributed by atoms with Gasteiger partial charge in [-0.05, 0) is 47.4 Å². The van der Waals surface area contributed by atoms with E-state index >= 15 is 0 Å². The Labute approximate surface area is 142 Å². The van der Waals surface area contributed by atoms with Gasteiger partial charge in [-0.1, -0.05) is 48.5 Å². The lowest BCUT2D eigenvalue weighted by molar-refractivity contribution is -0.274. The highest BCUT2D eigenvalue weighted by molar-refractivity contribution is 5.74. The molecule has 0 saturated carbocycles. The van der Waals surface area contributed by atoms with Crippen molar-refractivity contribution < 1.29 is 22.3 Å². The van der Waals surface area contributed by atoms with Gasteiger partial charge in [0.25, 0.3) is 0 Å². The Morgan fingerprint density at radius 3 is 2.00 bits per heavy atom. The van der Waals surface area contributed by atoms with Gasteiger partial charge in [0.15, 0.2) is 0 Å². The lowest BCUT2D eigenvalue weighted by atomic mass is 9.95. The summed E-state index contributed by atoms with van der Waals surface area (Å²) in [5, 5.41) is 0. The maximum atomic E-state index is 13.9. The van der Waals surface area contributed by atoms with E-state index in [4.69, 9.17) is 0 Å². The van der Waals surface area contributed by atoms with Gasteiger partial charge < -0.3 is 4.74 Å². The van der Waals surface area contributed by atoms with Gasteiger partial charge in [-0.25, -0.2) is 4.39 Å². The maximum Gasteiger partial charge on any atom is 0.573 e. The lowest BCUT2D eigenvalue weighted by Gasteiger charge is -2.12. The fourth-order valence-electron chi connectivity index (χ4n) is 2.69. The van der Waals surface area contributed by atoms with Gasteiger partial charge in [-0.3, -0.25) is 0 Å². The van der Waals surface area contributed by atoms with Crippen molar-refractivity contribution in [3.8, 4) is 28.0 Å². The second kappa shape index (κ2) is 6.59. The zero-order valence-corrected chi connectivity index (χ0v) is 13.3. The first kappa shape index (κ1) is 17.0. The van der Waals surface area contributed by atoms with Crippen LogP contribution in [0.5, 0.6) is 5.75 Å². The third-order valence-corrected chi connectivity index (χ3v) is 3.81. The molecular formula is C20H14F4O. The summed E-state index contributed by atoms with van der Waals surface area (Å²) in [5.41, 5.74) is 3.76. The number of alkyl halides is 3. The van der Waals surface area contributed by atoms with Crippen LogP contribution in [0.1, 0.15) is 5.56 Å². The van der Waals surface area contributed by atoms with Crippen molar-refractivity contribution in [3.05, 3.63) is 78.1 Å². The van der Waals surface area contributed by atoms with E-state index in [1.54, 1.807) is 36.4 Å². The number of benzene rings is 3. The van der Waals surface area contributed by atoms with Crippen LogP contribution in [0.15, 0.2) is 66.7 Å². The molecule has 25 heavy (non-hydrogen) atoms. The molecule has 3 aromatic rings. The fraction of sp³-hybridized carbons (Fsp3) is 0.100. The summed E-state index contributed by atoms with van der Waals surface area (Å²) in [5.74, 6) is -0.569. The molecule has 0 aromatic heterocycles. The number of hydrogen-bond donors (Lipinski definition) is 0. The number of rotatable bonds is 3. The summed E-state index contributed by atoms with van der Waals surface area (Å²) >= 11 is 0. The van der Waals surface area contributed by atoms with E-state index in [-0.39, 0.29) is 11.6 Å². The van der Waals surface area contributed by atoms with Crippen LogP contribution in [0, 0.1) is 12.7 Å². The van der Waals surface area contributed by atoms with Crippen molar-refractivity contribution in [3.63, 3.8) is 0 Å². The lowest BCUT2D eigenvalue weighted by Crippen LogP contribution is -2.16. The van der Waals surface area contributed by atoms with E-state index in [0.717, 1.165) is 22.3 Å². The van der Waals surface area contributed by atoms with Crippen molar-refractivity contribution in [1.29, 1.82) is 0 Å². The van der Waals surface area contributed by atoms with E-state index in [0.29, 0.717) is 5.56 Å². The van der Waals surface area contributed by atoms with Crippen molar-refractivity contribution in [2.24, 2.45) is 0 Å². The van der Waals surface area contributed by atoms with Crippen LogP contribution in [-0.4, -0.2) is 6.36 Å². The largest absolute Gasteiger partial charge is 0.573 e. The van der Waals surface area contributed by atoms with Gasteiger partial charge >= 0.3 is 6.36 Å². The molecule has 0 atom stereocenters. The first-order valence-electron chi connectivity index (χ1n) is 7.55. The van der Waals surface area contributed by atoms with Crippen LogP contribution >= 0.6 is 0 Å². The maximum absolute atomic E-state index is 13.9. The molecule has 0 amide bonds. The second-order valence-electron chi connectivity index (χ2n) is 5.58. The Morgan fingerprint density at radius 2 is 1.40 bits per heavy atom. The molecule has 0 aliphatic heterocycles. The molecule has 0 bridgehead atoms. The Hall–Kier alpha value is -2.82.